The van der Waals surface area contributed by atoms with Crippen LogP contribution in [0.25, 0.3) is 32.0 Å². The van der Waals surface area contributed by atoms with Crippen LogP contribution >= 0.6 is 22.7 Å². The molecule has 282 valence electrons. The van der Waals surface area contributed by atoms with E-state index in [1.165, 1.54) is 0 Å². The van der Waals surface area contributed by atoms with Crippen molar-refractivity contribution in [2.45, 2.75) is 63.1 Å². The Kier molecular flexibility index (Phi) is 10.3. The molecular weight excluding hydrogens is 735 g/mol. The van der Waals surface area contributed by atoms with Crippen molar-refractivity contribution < 1.29 is 14.4 Å². The molecule has 8 nitrogen and oxygen atoms in total. The van der Waals surface area contributed by atoms with Crippen LogP contribution < -0.4 is 5.32 Å². The van der Waals surface area contributed by atoms with Crippen molar-refractivity contribution in [3.63, 3.8) is 0 Å². The maximum atomic E-state index is 14.1. The zero-order chi connectivity index (χ0) is 38.0. The Hall–Kier alpha value is -5.45. The molecule has 0 spiro atoms. The number of hydrogen-bond acceptors (Lipinski definition) is 7. The Morgan fingerprint density at radius 1 is 0.625 bits per heavy atom. The van der Waals surface area contributed by atoms with E-state index in [0.717, 1.165) is 98.2 Å². The standard InChI is InChI=1S/C46H43N5O3S2/c52-41(27-30-9-3-1-4-10-30)50-25-7-13-37(50)44-47-28-39(55-44)33-19-15-31(16-20-33)32-17-21-34(22-18-32)40-29-48-45(56-40)38-14-8-26-51(38)46(54)42(35-11-5-2-6-12-35)49-43(53)36-23-24-36/h1-6,9-12,15-22,28-29,36-38,42H,7-8,13-14,23-27H2,(H,49,53)/t37-,38?,42+/m1/s1. The number of aromatic nitrogens is 2. The molecule has 2 saturated heterocycles. The van der Waals surface area contributed by atoms with Gasteiger partial charge in [-0.15, -0.1) is 22.7 Å². The summed E-state index contributed by atoms with van der Waals surface area (Å²) in [6.07, 6.45) is 9.75. The largest absolute Gasteiger partial charge is 0.340 e. The molecule has 1 unspecified atom stereocenters. The van der Waals surface area contributed by atoms with Gasteiger partial charge < -0.3 is 15.1 Å². The summed E-state index contributed by atoms with van der Waals surface area (Å²) < 4.78 is 0. The van der Waals surface area contributed by atoms with Gasteiger partial charge in [0.2, 0.25) is 17.7 Å². The minimum atomic E-state index is -0.699. The summed E-state index contributed by atoms with van der Waals surface area (Å²) in [7, 11) is 0. The van der Waals surface area contributed by atoms with E-state index in [0.29, 0.717) is 13.0 Å². The van der Waals surface area contributed by atoms with Crippen LogP contribution in [0.4, 0.5) is 0 Å². The fourth-order valence-corrected chi connectivity index (χ4v) is 10.1. The number of likely N-dealkylation sites (tertiary alicyclic amines) is 2. The van der Waals surface area contributed by atoms with Gasteiger partial charge in [-0.25, -0.2) is 9.97 Å². The van der Waals surface area contributed by atoms with E-state index in [4.69, 9.17) is 9.97 Å². The lowest BCUT2D eigenvalue weighted by Gasteiger charge is -2.28. The molecule has 3 amide bonds. The number of benzene rings is 4. The van der Waals surface area contributed by atoms with E-state index in [-0.39, 0.29) is 35.7 Å². The molecule has 3 fully saturated rings. The average molecular weight is 778 g/mol. The van der Waals surface area contributed by atoms with Gasteiger partial charge in [-0.2, -0.15) is 0 Å². The zero-order valence-electron chi connectivity index (χ0n) is 31.1. The molecule has 10 heteroatoms. The monoisotopic (exact) mass is 777 g/mol. The molecule has 9 rings (SSSR count). The molecule has 2 aromatic heterocycles. The van der Waals surface area contributed by atoms with Crippen LogP contribution in [0.3, 0.4) is 0 Å². The second-order valence-corrected chi connectivity index (χ2v) is 17.1. The fraction of sp³-hybridized carbons (Fsp3) is 0.283. The van der Waals surface area contributed by atoms with Crippen molar-refractivity contribution in [2.24, 2.45) is 5.92 Å². The quantitative estimate of drug-likeness (QED) is 0.142. The van der Waals surface area contributed by atoms with Gasteiger partial charge in [-0.3, -0.25) is 14.4 Å². The first-order chi connectivity index (χ1) is 27.5. The van der Waals surface area contributed by atoms with Gasteiger partial charge in [0.25, 0.3) is 0 Å². The van der Waals surface area contributed by atoms with Gasteiger partial charge in [-0.1, -0.05) is 109 Å². The van der Waals surface area contributed by atoms with Crippen LogP contribution in [-0.4, -0.2) is 50.6 Å². The highest BCUT2D eigenvalue weighted by Gasteiger charge is 2.39. The first-order valence-electron chi connectivity index (χ1n) is 19.6. The summed E-state index contributed by atoms with van der Waals surface area (Å²) in [5.74, 6) is 0.0837. The van der Waals surface area contributed by atoms with Gasteiger partial charge in [-0.05, 0) is 71.9 Å². The van der Waals surface area contributed by atoms with Gasteiger partial charge in [0.15, 0.2) is 0 Å². The molecular formula is C46H43N5O3S2. The number of nitrogens with one attached hydrogen (secondary N) is 1. The molecule has 1 saturated carbocycles. The fourth-order valence-electron chi connectivity index (χ4n) is 7.99. The van der Waals surface area contributed by atoms with Crippen LogP contribution in [0, 0.1) is 5.92 Å². The Morgan fingerprint density at radius 2 is 1.12 bits per heavy atom. The highest BCUT2D eigenvalue weighted by atomic mass is 32.1. The Balaban J connectivity index is 0.852. The second-order valence-electron chi connectivity index (χ2n) is 15.0. The zero-order valence-corrected chi connectivity index (χ0v) is 32.7. The van der Waals surface area contributed by atoms with Crippen molar-refractivity contribution in [2.75, 3.05) is 13.1 Å². The Labute approximate surface area is 335 Å². The van der Waals surface area contributed by atoms with Gasteiger partial charge in [0.05, 0.1) is 28.3 Å². The molecule has 4 aromatic carbocycles. The van der Waals surface area contributed by atoms with E-state index in [1.807, 2.05) is 82.9 Å². The predicted octanol–water partition coefficient (Wildman–Crippen LogP) is 9.44. The molecule has 3 atom stereocenters. The number of rotatable bonds is 11. The van der Waals surface area contributed by atoms with E-state index in [2.05, 4.69) is 53.8 Å². The normalized spacial score (nSPS) is 18.6. The van der Waals surface area contributed by atoms with Crippen LogP contribution in [0.1, 0.15) is 77.8 Å². The summed E-state index contributed by atoms with van der Waals surface area (Å²) in [5.41, 5.74) is 6.31. The van der Waals surface area contributed by atoms with E-state index < -0.39 is 6.04 Å². The predicted molar refractivity (Wildman–Crippen MR) is 222 cm³/mol. The van der Waals surface area contributed by atoms with E-state index in [1.54, 1.807) is 22.7 Å². The van der Waals surface area contributed by atoms with Crippen molar-refractivity contribution >= 4 is 40.4 Å². The van der Waals surface area contributed by atoms with Crippen molar-refractivity contribution in [3.8, 4) is 32.0 Å². The first-order valence-corrected chi connectivity index (χ1v) is 21.2. The number of nitrogens with zero attached hydrogens (tertiary/aromatic N) is 4. The third-order valence-corrected chi connectivity index (χ3v) is 13.5. The van der Waals surface area contributed by atoms with Gasteiger partial charge in [0.1, 0.15) is 16.1 Å². The summed E-state index contributed by atoms with van der Waals surface area (Å²) >= 11 is 3.32. The lowest BCUT2D eigenvalue weighted by molar-refractivity contribution is -0.137. The molecule has 56 heavy (non-hydrogen) atoms. The topological polar surface area (TPSA) is 95.5 Å². The minimum Gasteiger partial charge on any atom is -0.340 e. The third kappa shape index (κ3) is 7.68. The lowest BCUT2D eigenvalue weighted by Crippen LogP contribution is -2.43. The molecule has 1 aliphatic carbocycles. The molecule has 0 radical (unpaired) electrons. The lowest BCUT2D eigenvalue weighted by atomic mass is 10.0. The molecule has 1 N–H and O–H groups in total. The van der Waals surface area contributed by atoms with E-state index in [9.17, 15) is 14.4 Å². The summed E-state index contributed by atoms with van der Waals surface area (Å²) in [6.45, 7) is 1.43. The highest BCUT2D eigenvalue weighted by molar-refractivity contribution is 7.15. The number of carbonyl (C=O) groups excluding carboxylic acids is 3. The van der Waals surface area contributed by atoms with Gasteiger partial charge in [0, 0.05) is 31.4 Å². The van der Waals surface area contributed by atoms with Crippen LogP contribution in [0.2, 0.25) is 0 Å². The van der Waals surface area contributed by atoms with E-state index >= 15 is 0 Å². The number of hydrogen-bond donors (Lipinski definition) is 1. The van der Waals surface area contributed by atoms with Crippen LogP contribution in [0.15, 0.2) is 122 Å². The van der Waals surface area contributed by atoms with Crippen molar-refractivity contribution in [3.05, 3.63) is 143 Å². The minimum absolute atomic E-state index is 0.0204. The average Bonchev–Trinajstić information content (AvgIpc) is 3.69. The third-order valence-electron chi connectivity index (χ3n) is 11.2. The Morgan fingerprint density at radius 3 is 1.68 bits per heavy atom. The molecule has 2 aliphatic heterocycles. The highest BCUT2D eigenvalue weighted by Crippen LogP contribution is 2.41. The summed E-state index contributed by atoms with van der Waals surface area (Å²) in [4.78, 5) is 55.8. The smallest absolute Gasteiger partial charge is 0.250 e. The molecule has 4 heterocycles. The SMILES string of the molecule is O=C(N[C@H](C(=O)N1CCCC1c1ncc(-c2ccc(-c3ccc(-c4cnc([C@H]5CCCN5C(=O)Cc5ccccc5)s4)cc3)cc2)s1)c1ccccc1)C1CC1. The van der Waals surface area contributed by atoms with Gasteiger partial charge >= 0.3 is 0 Å². The summed E-state index contributed by atoms with van der Waals surface area (Å²) in [5, 5.41) is 5.00. The number of amides is 3. The first kappa shape index (κ1) is 36.2. The van der Waals surface area contributed by atoms with Crippen molar-refractivity contribution in [1.82, 2.24) is 25.1 Å². The molecule has 0 bridgehead atoms. The van der Waals surface area contributed by atoms with Crippen molar-refractivity contribution in [1.29, 1.82) is 0 Å². The second kappa shape index (κ2) is 16.0. The summed E-state index contributed by atoms with van der Waals surface area (Å²) in [6, 6.07) is 35.9. The maximum Gasteiger partial charge on any atom is 0.250 e. The molecule has 6 aromatic rings. The van der Waals surface area contributed by atoms with Crippen LogP contribution in [-0.2, 0) is 20.8 Å². The van der Waals surface area contributed by atoms with Crippen LogP contribution in [0.5, 0.6) is 0 Å². The number of carbonyl (C=O) groups is 3. The number of thiazole rings is 2. The molecule has 3 aliphatic rings. The Bertz CT molecular complexity index is 2320. The maximum absolute atomic E-state index is 14.1.